The molecule has 0 amide bonds. The molecule has 0 fully saturated rings. The Morgan fingerprint density at radius 3 is 2.53 bits per heavy atom. The number of hydrogen-bond donors (Lipinski definition) is 4. The summed E-state index contributed by atoms with van der Waals surface area (Å²) in [7, 11) is 2.42. The first kappa shape index (κ1) is 30.7. The molecule has 1 unspecified atom stereocenters. The summed E-state index contributed by atoms with van der Waals surface area (Å²) in [6, 6.07) is 0. The van der Waals surface area contributed by atoms with Gasteiger partial charge in [-0.25, -0.2) is 15.9 Å². The molecule has 0 radical (unpaired) electrons. The van der Waals surface area contributed by atoms with Crippen LogP contribution < -0.4 is 11.6 Å². The second-order valence-corrected chi connectivity index (χ2v) is 11.3. The van der Waals surface area contributed by atoms with Gasteiger partial charge in [0, 0.05) is 27.0 Å². The molecule has 0 saturated heterocycles. The van der Waals surface area contributed by atoms with Gasteiger partial charge in [-0.2, -0.15) is 0 Å². The maximum atomic E-state index is 9.02. The summed E-state index contributed by atoms with van der Waals surface area (Å²) in [5.74, 6) is 6.38. The van der Waals surface area contributed by atoms with E-state index in [1.807, 2.05) is 0 Å². The molecular formula is C27H49N6O2P. The average molecular weight is 521 g/mol. The lowest BCUT2D eigenvalue weighted by molar-refractivity contribution is 0.104. The van der Waals surface area contributed by atoms with Crippen LogP contribution in [0.2, 0.25) is 0 Å². The lowest BCUT2D eigenvalue weighted by Crippen LogP contribution is -2.21. The van der Waals surface area contributed by atoms with Gasteiger partial charge in [0.25, 0.3) is 0 Å². The summed E-state index contributed by atoms with van der Waals surface area (Å²) in [4.78, 5) is 15.5. The second-order valence-electron chi connectivity index (χ2n) is 10.5. The molecule has 1 aliphatic carbocycles. The van der Waals surface area contributed by atoms with Gasteiger partial charge in [-0.3, -0.25) is 4.62 Å². The number of rotatable bonds is 14. The minimum Gasteiger partial charge on any atom is -0.390 e. The molecule has 0 saturated carbocycles. The number of nitrogens with one attached hydrogen (secondary N) is 1. The molecule has 2 heterocycles. The van der Waals surface area contributed by atoms with Crippen LogP contribution in [0.25, 0.3) is 16.6 Å². The first-order valence-electron chi connectivity index (χ1n) is 13.6. The maximum Gasteiger partial charge on any atom is 0.149 e. The summed E-state index contributed by atoms with van der Waals surface area (Å²) in [6.45, 7) is 10.3. The number of aliphatic hydroxyl groups is 1. The first-order chi connectivity index (χ1) is 17.2. The Hall–Kier alpha value is -1.57. The van der Waals surface area contributed by atoms with Gasteiger partial charge in [0.2, 0.25) is 0 Å². The van der Waals surface area contributed by atoms with Crippen molar-refractivity contribution in [1.29, 1.82) is 0 Å². The second kappa shape index (κ2) is 15.6. The number of anilines is 1. The van der Waals surface area contributed by atoms with Crippen LogP contribution in [0.5, 0.6) is 0 Å². The highest BCUT2D eigenvalue weighted by Gasteiger charge is 2.21. The molecule has 0 spiro atoms. The maximum absolute atomic E-state index is 9.02. The Labute approximate surface area is 219 Å². The van der Waals surface area contributed by atoms with Crippen molar-refractivity contribution in [3.63, 3.8) is 0 Å². The topological polar surface area (TPSA) is 126 Å². The molecule has 6 N–H and O–H groups in total. The fourth-order valence-corrected chi connectivity index (χ4v) is 4.90. The Balaban J connectivity index is 0.000000493. The molecule has 0 aromatic carbocycles. The third-order valence-corrected chi connectivity index (χ3v) is 7.51. The highest BCUT2D eigenvalue weighted by atomic mass is 31.1. The van der Waals surface area contributed by atoms with Gasteiger partial charge in [-0.05, 0) is 84.5 Å². The van der Waals surface area contributed by atoms with Gasteiger partial charge < -0.3 is 20.7 Å². The lowest BCUT2D eigenvalue weighted by Gasteiger charge is -2.19. The standard InChI is InChI=1S/C23H37N5.C4H12NO2P/c1-4-6-14-19-26-21-20-17(11-8-7-9-16-28(3)15-5-2)12-10-13-18(20)25-23(24)22(21)27-19;1-4(2,6)3-8-7-5/h12H,4-11,13-16H2,1-3H3,(H2,24,25)(H,26,27);6,8H,3,5H2,1-2H3. The smallest absolute Gasteiger partial charge is 0.149 e. The van der Waals surface area contributed by atoms with Crippen LogP contribution in [0.3, 0.4) is 0 Å². The molecule has 0 aliphatic heterocycles. The average Bonchev–Trinajstić information content (AvgIpc) is 3.26. The number of hydrogen-bond acceptors (Lipinski definition) is 7. The highest BCUT2D eigenvalue weighted by molar-refractivity contribution is 7.32. The van der Waals surface area contributed by atoms with Crippen LogP contribution in [0, 0.1) is 0 Å². The number of allylic oxidation sites excluding steroid dienone is 2. The van der Waals surface area contributed by atoms with Crippen LogP contribution in [0.1, 0.15) is 96.1 Å². The third-order valence-electron chi connectivity index (χ3n) is 6.33. The molecule has 2 aromatic rings. The minimum atomic E-state index is -0.641. The quantitative estimate of drug-likeness (QED) is 0.150. The van der Waals surface area contributed by atoms with Crippen molar-refractivity contribution < 1.29 is 9.73 Å². The fourth-order valence-electron chi connectivity index (χ4n) is 4.46. The van der Waals surface area contributed by atoms with E-state index in [2.05, 4.69) is 41.5 Å². The molecule has 0 bridgehead atoms. The van der Waals surface area contributed by atoms with E-state index < -0.39 is 5.60 Å². The molecule has 9 heteroatoms. The number of unbranched alkanes of at least 4 members (excludes halogenated alkanes) is 3. The minimum absolute atomic E-state index is 0.194. The van der Waals surface area contributed by atoms with Crippen molar-refractivity contribution in [3.05, 3.63) is 23.2 Å². The Bertz CT molecular complexity index is 954. The van der Waals surface area contributed by atoms with Crippen molar-refractivity contribution >= 4 is 31.2 Å². The first-order valence-corrected chi connectivity index (χ1v) is 14.7. The van der Waals surface area contributed by atoms with E-state index >= 15 is 0 Å². The van der Waals surface area contributed by atoms with Crippen molar-refractivity contribution in [2.75, 3.05) is 32.0 Å². The number of aryl methyl sites for hydroxylation is 2. The van der Waals surface area contributed by atoms with E-state index in [9.17, 15) is 0 Å². The molecule has 1 aliphatic rings. The number of nitrogen functional groups attached to an aromatic ring is 1. The van der Waals surface area contributed by atoms with Gasteiger partial charge in [-0.1, -0.05) is 32.8 Å². The highest BCUT2D eigenvalue weighted by Crippen LogP contribution is 2.36. The number of H-pyrrole nitrogens is 1. The molecule has 36 heavy (non-hydrogen) atoms. The molecule has 204 valence electrons. The van der Waals surface area contributed by atoms with Crippen molar-refractivity contribution in [1.82, 2.24) is 19.9 Å². The van der Waals surface area contributed by atoms with Gasteiger partial charge in [0.05, 0.1) is 11.3 Å². The number of nitrogens with zero attached hydrogens (tertiary/aromatic N) is 3. The number of fused-ring (bicyclic) bond motifs is 3. The van der Waals surface area contributed by atoms with Crippen molar-refractivity contribution in [2.45, 2.75) is 97.5 Å². The Morgan fingerprint density at radius 2 is 1.89 bits per heavy atom. The Morgan fingerprint density at radius 1 is 1.11 bits per heavy atom. The number of pyridine rings is 1. The zero-order chi connectivity index (χ0) is 26.6. The van der Waals surface area contributed by atoms with E-state index in [4.69, 9.17) is 26.7 Å². The number of nitrogens with two attached hydrogens (primary N) is 2. The summed E-state index contributed by atoms with van der Waals surface area (Å²) < 4.78 is 4.29. The van der Waals surface area contributed by atoms with Crippen LogP contribution in [0.15, 0.2) is 6.08 Å². The zero-order valence-electron chi connectivity index (χ0n) is 23.1. The predicted octanol–water partition coefficient (Wildman–Crippen LogP) is 5.36. The summed E-state index contributed by atoms with van der Waals surface area (Å²) in [5.41, 5.74) is 11.4. The van der Waals surface area contributed by atoms with E-state index in [0.717, 1.165) is 54.7 Å². The molecular weight excluding hydrogens is 471 g/mol. The Kier molecular flexibility index (Phi) is 13.3. The van der Waals surface area contributed by atoms with Crippen LogP contribution in [0.4, 0.5) is 5.82 Å². The van der Waals surface area contributed by atoms with Gasteiger partial charge in [0.15, 0.2) is 0 Å². The summed E-state index contributed by atoms with van der Waals surface area (Å²) in [5, 5.41) is 9.02. The largest absolute Gasteiger partial charge is 0.390 e. The molecule has 2 aromatic heterocycles. The number of aromatic nitrogens is 3. The summed E-state index contributed by atoms with van der Waals surface area (Å²) in [6.07, 6.45) is 14.4. The van der Waals surface area contributed by atoms with Gasteiger partial charge in [-0.15, -0.1) is 0 Å². The van der Waals surface area contributed by atoms with E-state index in [1.54, 1.807) is 13.8 Å². The molecule has 8 nitrogen and oxygen atoms in total. The molecule has 3 rings (SSSR count). The number of imidazole rings is 1. The third kappa shape index (κ3) is 10.1. The summed E-state index contributed by atoms with van der Waals surface area (Å²) >= 11 is 0. The monoisotopic (exact) mass is 520 g/mol. The normalized spacial score (nSPS) is 13.8. The number of aromatic amines is 1. The van der Waals surface area contributed by atoms with Crippen LogP contribution in [-0.2, 0) is 17.5 Å². The van der Waals surface area contributed by atoms with Gasteiger partial charge in [0.1, 0.15) is 22.7 Å². The SMILES string of the molecule is CC(C)(O)CPON.CCCCc1nc2c3c(nc(N)c2[nH]1)CCC=C3CCCCCN(C)CCC. The van der Waals surface area contributed by atoms with Crippen LogP contribution in [-0.4, -0.2) is 56.9 Å². The van der Waals surface area contributed by atoms with E-state index in [-0.39, 0.29) is 8.81 Å². The van der Waals surface area contributed by atoms with E-state index in [0.29, 0.717) is 12.0 Å². The predicted molar refractivity (Wildman–Crippen MR) is 154 cm³/mol. The van der Waals surface area contributed by atoms with Crippen molar-refractivity contribution in [2.24, 2.45) is 5.90 Å². The molecule has 1 atom stereocenters. The fraction of sp³-hybridized carbons (Fsp3) is 0.704. The lowest BCUT2D eigenvalue weighted by atomic mass is 9.90. The van der Waals surface area contributed by atoms with E-state index in [1.165, 1.54) is 56.3 Å². The van der Waals surface area contributed by atoms with Crippen LogP contribution >= 0.6 is 8.81 Å². The van der Waals surface area contributed by atoms with Crippen molar-refractivity contribution in [3.8, 4) is 0 Å². The van der Waals surface area contributed by atoms with Gasteiger partial charge >= 0.3 is 0 Å². The zero-order valence-corrected chi connectivity index (χ0v) is 24.1.